The standard InChI is InChI=1S/Fe.2H3N.2Na.2H2O8S2.H2O4S/c;;;;;2*1-9(2,3)7-8-10(4,5)6;1-5(2,3)4/h;2*1H3;;;2*(H,1,2,3)(H,4,5,6);(H2,1,2,3,4)/q+2;;;2*+1;;;/p-4. The van der Waals surface area contributed by atoms with Gasteiger partial charge in [-0.05, 0) is 0 Å². The molecule has 22 nitrogen and oxygen atoms in total. The first-order valence-electron chi connectivity index (χ1n) is 3.67. The number of rotatable bonds is 6. The molecule has 178 valence electrons. The van der Waals surface area contributed by atoms with Gasteiger partial charge in [0.1, 0.15) is 0 Å². The Kier molecular flexibility index (Phi) is 37.9. The second-order valence-electron chi connectivity index (χ2n) is 2.31. The number of hydrogen-bond donors (Lipinski definition) is 2. The van der Waals surface area contributed by atoms with Gasteiger partial charge in [0.25, 0.3) is 0 Å². The maximum atomic E-state index is 9.37. The van der Waals surface area contributed by atoms with Crippen molar-refractivity contribution >= 4 is 52.0 Å². The molecule has 0 rings (SSSR count). The van der Waals surface area contributed by atoms with E-state index >= 15 is 0 Å². The Morgan fingerprint density at radius 1 is 0.400 bits per heavy atom. The van der Waals surface area contributed by atoms with Gasteiger partial charge in [0, 0.05) is 10.4 Å². The van der Waals surface area contributed by atoms with Crippen molar-refractivity contribution < 1.29 is 163 Å². The van der Waals surface area contributed by atoms with E-state index in [9.17, 15) is 51.9 Å². The molecule has 0 heterocycles. The van der Waals surface area contributed by atoms with E-state index in [2.05, 4.69) is 17.3 Å². The molecule has 0 unspecified atom stereocenters. The van der Waals surface area contributed by atoms with E-state index in [4.69, 9.17) is 17.5 Å². The molecule has 0 aromatic carbocycles. The van der Waals surface area contributed by atoms with Crippen molar-refractivity contribution in [3.05, 3.63) is 0 Å². The van der Waals surface area contributed by atoms with Gasteiger partial charge < -0.3 is 39.6 Å². The molecule has 0 saturated carbocycles. The summed E-state index contributed by atoms with van der Waals surface area (Å²) in [7, 11) is -26.4. The van der Waals surface area contributed by atoms with Crippen molar-refractivity contribution in [2.24, 2.45) is 0 Å². The van der Waals surface area contributed by atoms with Crippen LogP contribution in [-0.2, 0) is 86.4 Å². The molecule has 0 fully saturated rings. The van der Waals surface area contributed by atoms with Gasteiger partial charge in [0.2, 0.25) is 41.6 Å². The van der Waals surface area contributed by atoms with E-state index < -0.39 is 52.0 Å². The fraction of sp³-hybridized carbons (Fsp3) is 0. The molecule has 0 spiro atoms. The fourth-order valence-corrected chi connectivity index (χ4v) is 1.22. The van der Waals surface area contributed by atoms with E-state index in [0.29, 0.717) is 0 Å². The molecule has 8 N–H and O–H groups in total. The van der Waals surface area contributed by atoms with Gasteiger partial charge in [-0.1, -0.05) is 0 Å². The zero-order chi connectivity index (χ0) is 21.3. The Morgan fingerprint density at radius 2 is 0.467 bits per heavy atom. The summed E-state index contributed by atoms with van der Waals surface area (Å²) in [5.41, 5.74) is 0. The molecule has 0 aliphatic heterocycles. The van der Waals surface area contributed by atoms with Crippen LogP contribution in [0.25, 0.3) is 0 Å². The smallest absolute Gasteiger partial charge is 0.759 e. The van der Waals surface area contributed by atoms with Crippen molar-refractivity contribution in [3.63, 3.8) is 0 Å². The summed E-state index contributed by atoms with van der Waals surface area (Å²) in [6.07, 6.45) is 0. The largest absolute Gasteiger partial charge is 2.00 e. The Labute approximate surface area is 224 Å². The third-order valence-corrected chi connectivity index (χ3v) is 1.50. The first kappa shape index (κ1) is 53.2. The molecule has 0 atom stereocenters. The van der Waals surface area contributed by atoms with Crippen molar-refractivity contribution in [2.75, 3.05) is 0 Å². The van der Waals surface area contributed by atoms with Crippen molar-refractivity contribution in [3.8, 4) is 0 Å². The molecule has 30 heteroatoms. The Bertz CT molecular complexity index is 775. The number of quaternary nitrogens is 2. The summed E-state index contributed by atoms with van der Waals surface area (Å²) >= 11 is 0. The predicted molar refractivity (Wildman–Crippen MR) is 65.6 cm³/mol. The Hall–Kier alpha value is 1.79. The minimum absolute atomic E-state index is 0. The zero-order valence-corrected chi connectivity index (χ0v) is 23.7. The van der Waals surface area contributed by atoms with Crippen LogP contribution in [0.1, 0.15) is 0 Å². The molecule has 0 aromatic heterocycles. The molecule has 0 radical (unpaired) electrons. The van der Waals surface area contributed by atoms with Gasteiger partial charge in [-0.3, -0.25) is 8.42 Å². The molecule has 0 bridgehead atoms. The van der Waals surface area contributed by atoms with Crippen molar-refractivity contribution in [1.29, 1.82) is 0 Å². The van der Waals surface area contributed by atoms with Crippen LogP contribution < -0.4 is 71.4 Å². The predicted octanol–water partition coefficient (Wildman–Crippen LogP) is -10.9. The second-order valence-corrected chi connectivity index (χ2v) is 6.94. The first-order chi connectivity index (χ1) is 10.4. The van der Waals surface area contributed by atoms with Crippen LogP contribution >= 0.6 is 0 Å². The van der Waals surface area contributed by atoms with E-state index in [1.807, 2.05) is 0 Å². The maximum absolute atomic E-state index is 9.37. The Balaban J connectivity index is -0.0000000389. The van der Waals surface area contributed by atoms with Gasteiger partial charge in [0.15, 0.2) is 0 Å². The molecular weight excluding hydrogens is 610 g/mol. The van der Waals surface area contributed by atoms with Crippen LogP contribution in [0.4, 0.5) is 0 Å². The summed E-state index contributed by atoms with van der Waals surface area (Å²) in [6, 6.07) is 0. The normalized spacial score (nSPS) is 10.9. The zero-order valence-electron chi connectivity index (χ0n) is 14.6. The SMILES string of the molecule is O=S(=O)([O-])OOS(=O)(=O)[O-].O=S(=O)([O-])OOS(=O)(=O)[O-].O=S(=O)([O-])[O-].[Fe+2].[NH4+].[NH4+].[Na+].[Na+]. The average molecular weight is 618 g/mol. The van der Waals surface area contributed by atoms with Gasteiger partial charge in [0.05, 0.1) is 0 Å². The third-order valence-electron chi connectivity index (χ3n) is 0.389. The van der Waals surface area contributed by atoms with Gasteiger partial charge in [-0.2, -0.15) is 0 Å². The van der Waals surface area contributed by atoms with Gasteiger partial charge in [-0.15, -0.1) is 17.3 Å². The molecule has 0 saturated heterocycles. The van der Waals surface area contributed by atoms with Gasteiger partial charge >= 0.3 is 76.2 Å². The minimum Gasteiger partial charge on any atom is -0.759 e. The second kappa shape index (κ2) is 21.3. The molecule has 0 aromatic rings. The summed E-state index contributed by atoms with van der Waals surface area (Å²) in [6.45, 7) is 0. The Morgan fingerprint density at radius 3 is 0.500 bits per heavy atom. The van der Waals surface area contributed by atoms with E-state index in [-0.39, 0.29) is 88.5 Å². The van der Waals surface area contributed by atoms with Crippen LogP contribution in [0, 0.1) is 0 Å². The number of hydrogen-bond acceptors (Lipinski definition) is 20. The average Bonchev–Trinajstić information content (AvgIpc) is 2.18. The van der Waals surface area contributed by atoms with Crippen LogP contribution in [0.2, 0.25) is 0 Å². The van der Waals surface area contributed by atoms with Crippen LogP contribution in [-0.4, -0.2) is 69.4 Å². The summed E-state index contributed by atoms with van der Waals surface area (Å²) < 4.78 is 157. The van der Waals surface area contributed by atoms with Crippen LogP contribution in [0.3, 0.4) is 0 Å². The summed E-state index contributed by atoms with van der Waals surface area (Å²) in [5.74, 6) is 0. The fourth-order valence-electron chi connectivity index (χ4n) is 0.136. The minimum atomic E-state index is -5.31. The molecule has 30 heavy (non-hydrogen) atoms. The molecular formula is H8FeN2Na2O20S5. The summed E-state index contributed by atoms with van der Waals surface area (Å²) in [4.78, 5) is 0. The van der Waals surface area contributed by atoms with E-state index in [1.54, 1.807) is 0 Å². The van der Waals surface area contributed by atoms with E-state index in [1.165, 1.54) is 0 Å². The third kappa shape index (κ3) is 99.0. The monoisotopic (exact) mass is 618 g/mol. The maximum Gasteiger partial charge on any atom is 2.00 e. The van der Waals surface area contributed by atoms with E-state index in [0.717, 1.165) is 0 Å². The van der Waals surface area contributed by atoms with Gasteiger partial charge in [-0.25, -0.2) is 33.7 Å². The quantitative estimate of drug-likeness (QED) is 0.0916. The van der Waals surface area contributed by atoms with Crippen molar-refractivity contribution in [1.82, 2.24) is 12.3 Å². The molecule has 0 aliphatic carbocycles. The summed E-state index contributed by atoms with van der Waals surface area (Å²) in [5, 5.41) is 0. The first-order valence-corrected chi connectivity index (χ1v) is 10.3. The molecule has 0 aliphatic rings. The van der Waals surface area contributed by atoms with Crippen molar-refractivity contribution in [2.45, 2.75) is 0 Å². The van der Waals surface area contributed by atoms with Crippen LogP contribution in [0.5, 0.6) is 0 Å². The molecule has 0 amide bonds. The topological polar surface area (TPSA) is 419 Å². The van der Waals surface area contributed by atoms with Crippen LogP contribution in [0.15, 0.2) is 0 Å².